The third-order valence-corrected chi connectivity index (χ3v) is 11.4. The van der Waals surface area contributed by atoms with Crippen LogP contribution in [0.5, 0.6) is 0 Å². The van der Waals surface area contributed by atoms with Crippen LogP contribution < -0.4 is 11.1 Å². The Balaban J connectivity index is 1.38. The number of hydrogen-bond acceptors (Lipinski definition) is 14. The number of ether oxygens (including phenoxy) is 3. The summed E-state index contributed by atoms with van der Waals surface area (Å²) < 4.78 is 39.1. The molecule has 2 amide bonds. The Kier molecular flexibility index (Phi) is 9.70. The highest BCUT2D eigenvalue weighted by Crippen LogP contribution is 2.55. The number of rotatable bonds is 10. The molecule has 3 fully saturated rings. The van der Waals surface area contributed by atoms with Crippen molar-refractivity contribution in [2.45, 2.75) is 18.3 Å². The maximum absolute atomic E-state index is 14.3. The van der Waals surface area contributed by atoms with Crippen molar-refractivity contribution in [1.82, 2.24) is 24.5 Å². The SMILES string of the molecule is CC(=O)OCC1=C(C(=O)O)N2C(=O)[C@H](NC(=O)C(=NOP(=O)(N3CCOCC3)N3CCOCC3)c3csc(N)n3)[C@H]2SC1. The van der Waals surface area contributed by atoms with Crippen LogP contribution in [0.15, 0.2) is 21.8 Å². The molecule has 4 N–H and O–H groups in total. The molecule has 0 radical (unpaired) electrons. The van der Waals surface area contributed by atoms with E-state index in [0.29, 0.717) is 52.6 Å². The number of nitrogens with zero attached hydrogens (tertiary/aromatic N) is 5. The molecule has 5 rings (SSSR count). The van der Waals surface area contributed by atoms with Crippen molar-refractivity contribution in [1.29, 1.82) is 0 Å². The molecule has 4 aliphatic heterocycles. The smallest absolute Gasteiger partial charge is 0.416 e. The first kappa shape index (κ1) is 31.4. The highest BCUT2D eigenvalue weighted by molar-refractivity contribution is 8.00. The summed E-state index contributed by atoms with van der Waals surface area (Å²) in [5.41, 5.74) is 5.47. The summed E-state index contributed by atoms with van der Waals surface area (Å²) in [6.07, 6.45) is 0. The maximum Gasteiger partial charge on any atom is 0.416 e. The Morgan fingerprint density at radius 1 is 1.19 bits per heavy atom. The molecule has 0 bridgehead atoms. The van der Waals surface area contributed by atoms with Crippen LogP contribution in [0.4, 0.5) is 5.13 Å². The van der Waals surface area contributed by atoms with E-state index >= 15 is 0 Å². The molecule has 0 saturated carbocycles. The highest BCUT2D eigenvalue weighted by Gasteiger charge is 2.54. The molecule has 0 unspecified atom stereocenters. The second-order valence-corrected chi connectivity index (χ2v) is 13.9. The second-order valence-electron chi connectivity index (χ2n) is 9.61. The number of aliphatic carboxylic acids is 1. The quantitative estimate of drug-likeness (QED) is 0.0951. The van der Waals surface area contributed by atoms with Crippen LogP contribution in [-0.4, -0.2) is 130 Å². The number of anilines is 1. The third kappa shape index (κ3) is 6.57. The Labute approximate surface area is 253 Å². The summed E-state index contributed by atoms with van der Waals surface area (Å²) in [6, 6.07) is -1.10. The van der Waals surface area contributed by atoms with Gasteiger partial charge in [-0.1, -0.05) is 5.16 Å². The molecule has 43 heavy (non-hydrogen) atoms. The van der Waals surface area contributed by atoms with Gasteiger partial charge in [0.1, 0.15) is 29.4 Å². The number of fused-ring (bicyclic) bond motifs is 1. The molecular formula is C23H30N7O10PS2. The van der Waals surface area contributed by atoms with Gasteiger partial charge in [0.05, 0.1) is 26.4 Å². The van der Waals surface area contributed by atoms with E-state index in [1.165, 1.54) is 24.1 Å². The maximum atomic E-state index is 14.3. The molecule has 0 aromatic carbocycles. The van der Waals surface area contributed by atoms with Crippen LogP contribution >= 0.6 is 30.8 Å². The number of nitrogens with two attached hydrogens (primary N) is 1. The number of thiazole rings is 1. The van der Waals surface area contributed by atoms with Crippen molar-refractivity contribution in [3.63, 3.8) is 0 Å². The lowest BCUT2D eigenvalue weighted by molar-refractivity contribution is -0.150. The molecule has 17 nitrogen and oxygen atoms in total. The number of nitrogen functional groups attached to an aromatic ring is 1. The minimum absolute atomic E-state index is 0.0465. The van der Waals surface area contributed by atoms with Crippen LogP contribution in [0.1, 0.15) is 12.6 Å². The van der Waals surface area contributed by atoms with E-state index in [2.05, 4.69) is 15.5 Å². The minimum Gasteiger partial charge on any atom is -0.477 e. The molecule has 20 heteroatoms. The van der Waals surface area contributed by atoms with Crippen LogP contribution in [-0.2, 0) is 42.6 Å². The van der Waals surface area contributed by atoms with Crippen molar-refractivity contribution >= 4 is 65.4 Å². The highest BCUT2D eigenvalue weighted by atomic mass is 32.2. The third-order valence-electron chi connectivity index (χ3n) is 6.89. The predicted molar refractivity (Wildman–Crippen MR) is 153 cm³/mol. The number of carbonyl (C=O) groups excluding carboxylic acids is 3. The molecule has 1 aromatic rings. The van der Waals surface area contributed by atoms with Crippen molar-refractivity contribution in [3.05, 3.63) is 22.3 Å². The zero-order valence-corrected chi connectivity index (χ0v) is 25.5. The normalized spacial score (nSPS) is 23.8. The van der Waals surface area contributed by atoms with Crippen LogP contribution in [0, 0.1) is 0 Å². The average Bonchev–Trinajstić information content (AvgIpc) is 3.44. The number of esters is 1. The van der Waals surface area contributed by atoms with Gasteiger partial charge in [-0.05, 0) is 0 Å². The summed E-state index contributed by atoms with van der Waals surface area (Å²) in [5, 5.41) is 17.3. The molecule has 1 aromatic heterocycles. The summed E-state index contributed by atoms with van der Waals surface area (Å²) >= 11 is 2.25. The van der Waals surface area contributed by atoms with Gasteiger partial charge in [0, 0.05) is 49.8 Å². The molecule has 3 saturated heterocycles. The fourth-order valence-corrected chi connectivity index (χ4v) is 8.75. The number of hydrogen-bond donors (Lipinski definition) is 3. The Morgan fingerprint density at radius 2 is 1.81 bits per heavy atom. The molecule has 2 atom stereocenters. The number of aromatic nitrogens is 1. The Hall–Kier alpha value is -3.06. The number of β-lactam (4-membered cyclic amide) rings is 1. The van der Waals surface area contributed by atoms with Gasteiger partial charge in [-0.3, -0.25) is 19.3 Å². The van der Waals surface area contributed by atoms with Crippen LogP contribution in [0.25, 0.3) is 0 Å². The summed E-state index contributed by atoms with van der Waals surface area (Å²) in [6.45, 7) is 3.55. The second kappa shape index (κ2) is 13.3. The van der Waals surface area contributed by atoms with E-state index in [1.807, 2.05) is 0 Å². The molecule has 4 aliphatic rings. The molecule has 0 aliphatic carbocycles. The first-order chi connectivity index (χ1) is 20.6. The van der Waals surface area contributed by atoms with Crippen LogP contribution in [0.3, 0.4) is 0 Å². The zero-order chi connectivity index (χ0) is 30.7. The van der Waals surface area contributed by atoms with E-state index in [-0.39, 0.29) is 40.2 Å². The Bertz CT molecular complexity index is 1370. The molecule has 234 valence electrons. The van der Waals surface area contributed by atoms with Gasteiger partial charge >= 0.3 is 19.6 Å². The van der Waals surface area contributed by atoms with Crippen LogP contribution in [0.2, 0.25) is 0 Å². The summed E-state index contributed by atoms with van der Waals surface area (Å²) in [5.74, 6) is -3.32. The fraction of sp³-hybridized carbons (Fsp3) is 0.565. The molecule has 5 heterocycles. The van der Waals surface area contributed by atoms with Crippen molar-refractivity contribution in [3.8, 4) is 0 Å². The minimum atomic E-state index is -3.78. The number of nitrogens with one attached hydrogen (secondary N) is 1. The average molecular weight is 660 g/mol. The van der Waals surface area contributed by atoms with E-state index in [0.717, 1.165) is 16.2 Å². The number of morpholine rings is 2. The van der Waals surface area contributed by atoms with Gasteiger partial charge < -0.3 is 35.0 Å². The zero-order valence-electron chi connectivity index (χ0n) is 23.0. The Morgan fingerprint density at radius 3 is 2.35 bits per heavy atom. The van der Waals surface area contributed by atoms with Gasteiger partial charge in [-0.25, -0.2) is 23.7 Å². The van der Waals surface area contributed by atoms with Gasteiger partial charge in [-0.2, -0.15) is 0 Å². The summed E-state index contributed by atoms with van der Waals surface area (Å²) in [4.78, 5) is 55.2. The van der Waals surface area contributed by atoms with E-state index in [1.54, 1.807) is 9.34 Å². The van der Waals surface area contributed by atoms with E-state index in [4.69, 9.17) is 24.6 Å². The number of oxime groups is 1. The number of amides is 2. The molecular weight excluding hydrogens is 629 g/mol. The number of carboxylic acids is 1. The van der Waals surface area contributed by atoms with Gasteiger partial charge in [0.2, 0.25) is 0 Å². The number of thioether (sulfide) groups is 1. The van der Waals surface area contributed by atoms with Crippen molar-refractivity contribution < 1.29 is 47.7 Å². The first-order valence-corrected chi connectivity index (χ1v) is 16.6. The summed E-state index contributed by atoms with van der Waals surface area (Å²) in [7, 11) is -3.78. The van der Waals surface area contributed by atoms with Crippen molar-refractivity contribution in [2.75, 3.05) is 70.7 Å². The van der Waals surface area contributed by atoms with E-state index < -0.39 is 42.8 Å². The number of carboxylic acid groups (broad SMARTS) is 1. The largest absolute Gasteiger partial charge is 0.477 e. The predicted octanol–water partition coefficient (Wildman–Crippen LogP) is -0.480. The van der Waals surface area contributed by atoms with Crippen molar-refractivity contribution in [2.24, 2.45) is 5.16 Å². The monoisotopic (exact) mass is 659 g/mol. The fourth-order valence-electron chi connectivity index (χ4n) is 4.78. The lowest BCUT2D eigenvalue weighted by atomic mass is 10.0. The topological polar surface area (TPSA) is 216 Å². The number of carbonyl (C=O) groups is 4. The van der Waals surface area contributed by atoms with E-state index in [9.17, 15) is 28.8 Å². The van der Waals surface area contributed by atoms with Gasteiger partial charge in [-0.15, -0.1) is 23.1 Å². The lowest BCUT2D eigenvalue weighted by Crippen LogP contribution is -2.71. The first-order valence-electron chi connectivity index (χ1n) is 13.2. The lowest BCUT2D eigenvalue weighted by Gasteiger charge is -2.49. The molecule has 0 spiro atoms. The van der Waals surface area contributed by atoms with Gasteiger partial charge in [0.15, 0.2) is 10.8 Å². The standard InChI is InChI=1S/C23H30N7O10PS2/c1-13(31)39-10-14-11-42-21-17(20(33)30(21)18(14)22(34)35)26-19(32)16(15-12-43-23(24)25-15)27-40-41(36,28-2-6-37-7-3-28)29-4-8-38-9-5-29/h12,17,21H,2-11H2,1H3,(H2,24,25)(H,26,32)(H,34,35)/t17-,21+/m0/s1. The van der Waals surface area contributed by atoms with Gasteiger partial charge in [0.25, 0.3) is 11.8 Å².